The lowest BCUT2D eigenvalue weighted by Crippen LogP contribution is -2.22. The van der Waals surface area contributed by atoms with Crippen LogP contribution in [-0.4, -0.2) is 32.9 Å². The highest BCUT2D eigenvalue weighted by Crippen LogP contribution is 2.32. The van der Waals surface area contributed by atoms with E-state index in [0.717, 1.165) is 5.56 Å². The Morgan fingerprint density at radius 3 is 2.51 bits per heavy atom. The Morgan fingerprint density at radius 1 is 1.29 bits per heavy atom. The summed E-state index contributed by atoms with van der Waals surface area (Å²) >= 11 is 0. The van der Waals surface area contributed by atoms with Gasteiger partial charge in [0.1, 0.15) is 12.2 Å². The van der Waals surface area contributed by atoms with Crippen LogP contribution in [0.1, 0.15) is 36.2 Å². The first kappa shape index (κ1) is 27.3. The summed E-state index contributed by atoms with van der Waals surface area (Å²) in [7, 11) is 3.36. The molecule has 35 heavy (non-hydrogen) atoms. The normalized spacial score (nSPS) is 13.6. The molecule has 1 heterocycles. The van der Waals surface area contributed by atoms with Crippen molar-refractivity contribution in [2.24, 2.45) is 18.6 Å². The fourth-order valence-electron chi connectivity index (χ4n) is 3.40. The summed E-state index contributed by atoms with van der Waals surface area (Å²) in [6.07, 6.45) is 4.69. The van der Waals surface area contributed by atoms with Crippen molar-refractivity contribution < 1.29 is 13.2 Å². The third kappa shape index (κ3) is 7.24. The van der Waals surface area contributed by atoms with E-state index in [2.05, 4.69) is 28.8 Å². The fraction of sp³-hybridized carbons (Fsp3) is 0.250. The summed E-state index contributed by atoms with van der Waals surface area (Å²) in [5, 5.41) is 8.12. The average molecular weight is 489 g/mol. The number of nitrogens with one attached hydrogen (secondary N) is 1. The molecular weight excluding hydrogens is 457 g/mol. The Labute approximate surface area is 203 Å². The highest BCUT2D eigenvalue weighted by molar-refractivity contribution is 5.70. The molecule has 0 amide bonds. The number of hydrazine groups is 1. The summed E-state index contributed by atoms with van der Waals surface area (Å²) in [5.41, 5.74) is 10.7. The van der Waals surface area contributed by atoms with Crippen molar-refractivity contribution in [2.75, 3.05) is 11.9 Å². The number of hydrogen-bond acceptors (Lipinski definition) is 7. The van der Waals surface area contributed by atoms with E-state index in [0.29, 0.717) is 22.8 Å². The number of aromatic nitrogens is 3. The molecule has 0 aliphatic carbocycles. The van der Waals surface area contributed by atoms with E-state index in [1.54, 1.807) is 23.0 Å². The highest BCUT2D eigenvalue weighted by Gasteiger charge is 2.30. The van der Waals surface area contributed by atoms with Gasteiger partial charge in [0.2, 0.25) is 0 Å². The maximum atomic E-state index is 13.4. The Hall–Kier alpha value is -3.99. The van der Waals surface area contributed by atoms with Gasteiger partial charge in [0.05, 0.1) is 12.1 Å². The molecule has 8 nitrogen and oxygen atoms in total. The van der Waals surface area contributed by atoms with E-state index in [4.69, 9.17) is 11.6 Å². The molecule has 2 rings (SSSR count). The summed E-state index contributed by atoms with van der Waals surface area (Å²) in [4.78, 5) is 2.89. The van der Waals surface area contributed by atoms with Gasteiger partial charge in [-0.15, -0.1) is 10.2 Å². The lowest BCUT2D eigenvalue weighted by Gasteiger charge is -2.25. The predicted octanol–water partition coefficient (Wildman–Crippen LogP) is 4.06. The first-order valence-corrected chi connectivity index (χ1v) is 10.6. The molecule has 1 atom stereocenters. The van der Waals surface area contributed by atoms with Crippen LogP contribution in [0.4, 0.5) is 18.9 Å². The molecule has 0 spiro atoms. The van der Waals surface area contributed by atoms with Gasteiger partial charge in [-0.3, -0.25) is 5.84 Å². The molecule has 0 aliphatic heterocycles. The van der Waals surface area contributed by atoms with Crippen LogP contribution in [0.3, 0.4) is 0 Å². The van der Waals surface area contributed by atoms with E-state index in [-0.39, 0.29) is 11.6 Å². The van der Waals surface area contributed by atoms with Gasteiger partial charge in [-0.25, -0.2) is 0 Å². The number of aryl methyl sites for hydroxylation is 1. The molecule has 0 radical (unpaired) electrons. The molecule has 1 unspecified atom stereocenters. The van der Waals surface area contributed by atoms with Crippen molar-refractivity contribution in [3.8, 4) is 0 Å². The zero-order valence-corrected chi connectivity index (χ0v) is 20.0. The maximum Gasteiger partial charge on any atom is 0.394 e. The number of hydrogen-bond donors (Lipinski definition) is 3. The summed E-state index contributed by atoms with van der Waals surface area (Å²) in [5.74, 6) is 6.15. The highest BCUT2D eigenvalue weighted by atomic mass is 19.4. The molecule has 0 saturated heterocycles. The zero-order valence-electron chi connectivity index (χ0n) is 20.0. The van der Waals surface area contributed by atoms with Crippen LogP contribution in [0.5, 0.6) is 0 Å². The van der Waals surface area contributed by atoms with Crippen LogP contribution in [0.25, 0.3) is 5.70 Å². The monoisotopic (exact) mass is 488 g/mol. The van der Waals surface area contributed by atoms with Gasteiger partial charge < -0.3 is 25.5 Å². The van der Waals surface area contributed by atoms with Gasteiger partial charge in [-0.2, -0.15) is 13.2 Å². The van der Waals surface area contributed by atoms with Gasteiger partial charge in [0.15, 0.2) is 0 Å². The number of halogens is 3. The Kier molecular flexibility index (Phi) is 9.29. The Morgan fingerprint density at radius 2 is 2.00 bits per heavy atom. The van der Waals surface area contributed by atoms with Gasteiger partial charge >= 0.3 is 6.18 Å². The molecule has 1 aromatic heterocycles. The third-order valence-corrected chi connectivity index (χ3v) is 5.27. The van der Waals surface area contributed by atoms with E-state index in [1.165, 1.54) is 47.7 Å². The molecule has 188 valence electrons. The first-order valence-electron chi connectivity index (χ1n) is 10.6. The standard InChI is InChI=1S/C24H31F3N8/c1-6-8-9-33(4)21(13-24(25,26)27)15-35(7-2)20-11-18(10-19(12-20)22(14-28)31-29)17(3)23-32-30-16-34(23)5/h6-12,14-17,31H,1-2,13,28-29H2,3-5H3/b9-8-,21-15-,22-14-. The maximum absolute atomic E-state index is 13.4. The molecule has 5 N–H and O–H groups in total. The molecule has 1 aromatic carbocycles. The second kappa shape index (κ2) is 11.9. The van der Waals surface area contributed by atoms with Gasteiger partial charge in [-0.05, 0) is 29.8 Å². The average Bonchev–Trinajstić information content (AvgIpc) is 3.25. The van der Waals surface area contributed by atoms with Crippen molar-refractivity contribution in [3.05, 3.63) is 97.3 Å². The van der Waals surface area contributed by atoms with Crippen LogP contribution >= 0.6 is 0 Å². The largest absolute Gasteiger partial charge is 0.403 e. The van der Waals surface area contributed by atoms with Crippen LogP contribution < -0.4 is 21.9 Å². The van der Waals surface area contributed by atoms with E-state index < -0.39 is 12.6 Å². The Bertz CT molecular complexity index is 1110. The molecule has 0 fully saturated rings. The van der Waals surface area contributed by atoms with E-state index in [1.807, 2.05) is 26.1 Å². The second-order valence-corrected chi connectivity index (χ2v) is 7.75. The van der Waals surface area contributed by atoms with Crippen LogP contribution in [0.15, 0.2) is 80.3 Å². The van der Waals surface area contributed by atoms with Crippen molar-refractivity contribution >= 4 is 11.4 Å². The summed E-state index contributed by atoms with van der Waals surface area (Å²) < 4.78 is 41.9. The van der Waals surface area contributed by atoms with Gasteiger partial charge in [0.25, 0.3) is 0 Å². The minimum absolute atomic E-state index is 0.00431. The van der Waals surface area contributed by atoms with Crippen LogP contribution in [-0.2, 0) is 7.05 Å². The van der Waals surface area contributed by atoms with Gasteiger partial charge in [0, 0.05) is 61.8 Å². The molecule has 0 aliphatic rings. The van der Waals surface area contributed by atoms with Crippen molar-refractivity contribution in [1.29, 1.82) is 0 Å². The van der Waals surface area contributed by atoms with Crippen LogP contribution in [0, 0.1) is 0 Å². The number of nitrogens with zero attached hydrogens (tertiary/aromatic N) is 5. The smallest absolute Gasteiger partial charge is 0.394 e. The molecular formula is C24H31F3N8. The number of alkyl halides is 3. The summed E-state index contributed by atoms with van der Waals surface area (Å²) in [6.45, 7) is 9.32. The van der Waals surface area contributed by atoms with Crippen molar-refractivity contribution in [2.45, 2.75) is 25.4 Å². The lowest BCUT2D eigenvalue weighted by molar-refractivity contribution is -0.129. The number of benzene rings is 1. The third-order valence-electron chi connectivity index (χ3n) is 5.27. The predicted molar refractivity (Wildman–Crippen MR) is 133 cm³/mol. The van der Waals surface area contributed by atoms with Crippen molar-refractivity contribution in [3.63, 3.8) is 0 Å². The minimum Gasteiger partial charge on any atom is -0.403 e. The van der Waals surface area contributed by atoms with Gasteiger partial charge in [-0.1, -0.05) is 26.2 Å². The van der Waals surface area contributed by atoms with E-state index >= 15 is 0 Å². The minimum atomic E-state index is -4.42. The second-order valence-electron chi connectivity index (χ2n) is 7.75. The fourth-order valence-corrected chi connectivity index (χ4v) is 3.40. The zero-order chi connectivity index (χ0) is 26.2. The number of anilines is 1. The van der Waals surface area contributed by atoms with Crippen LogP contribution in [0.2, 0.25) is 0 Å². The molecule has 0 bridgehead atoms. The SMILES string of the molecule is C=C/C=C\N(C)/C(=C\N(C=C)c1cc(/C(=C/N)NN)cc(C(C)c2nncn2C)c1)CC(F)(F)F. The lowest BCUT2D eigenvalue weighted by atomic mass is 9.96. The molecule has 2 aromatic rings. The van der Waals surface area contributed by atoms with Crippen molar-refractivity contribution in [1.82, 2.24) is 25.1 Å². The summed E-state index contributed by atoms with van der Waals surface area (Å²) in [6, 6.07) is 5.47. The topological polar surface area (TPSA) is 101 Å². The number of allylic oxidation sites excluding steroid dienone is 3. The number of nitrogens with two attached hydrogens (primary N) is 2. The molecule has 11 heteroatoms. The van der Waals surface area contributed by atoms with E-state index in [9.17, 15) is 13.2 Å². The number of rotatable bonds is 11. The Balaban J connectivity index is 2.67. The quantitative estimate of drug-likeness (QED) is 0.249. The molecule has 0 saturated carbocycles. The first-order chi connectivity index (χ1) is 16.5.